The first-order valence-corrected chi connectivity index (χ1v) is 14.9. The van der Waals surface area contributed by atoms with E-state index in [9.17, 15) is 24.0 Å². The van der Waals surface area contributed by atoms with Gasteiger partial charge in [-0.15, -0.1) is 0 Å². The van der Waals surface area contributed by atoms with Crippen molar-refractivity contribution >= 4 is 59.9 Å². The Morgan fingerprint density at radius 2 is 0.951 bits per heavy atom. The lowest BCUT2D eigenvalue weighted by molar-refractivity contribution is -0.145. The Labute approximate surface area is 248 Å². The molecule has 0 unspecified atom stereocenters. The largest absolute Gasteiger partial charge is 0.636 e. The zero-order chi connectivity index (χ0) is 29.2. The van der Waals surface area contributed by atoms with Crippen LogP contribution < -0.4 is 10.6 Å². The van der Waals surface area contributed by atoms with Crippen LogP contribution in [0.15, 0.2) is 0 Å². The Hall–Kier alpha value is -2.89. The average molecular weight is 594 g/mol. The normalized spacial score (nSPS) is 23.4. The number of hydrogen-bond donors (Lipinski definition) is 2. The molecule has 0 aromatic heterocycles. The molecule has 2 heterocycles. The van der Waals surface area contributed by atoms with Crippen molar-refractivity contribution in [2.75, 3.05) is 0 Å². The summed E-state index contributed by atoms with van der Waals surface area (Å²) in [5.74, 6) is -2.53. The van der Waals surface area contributed by atoms with Gasteiger partial charge < -0.3 is 34.0 Å². The van der Waals surface area contributed by atoms with Gasteiger partial charge in [-0.3, -0.25) is 19.2 Å². The van der Waals surface area contributed by atoms with E-state index in [4.69, 9.17) is 30.8 Å². The van der Waals surface area contributed by atoms with Gasteiger partial charge in [-0.1, -0.05) is 58.2 Å². The Bertz CT molecular complexity index is 856. The van der Waals surface area contributed by atoms with E-state index in [-0.39, 0.29) is 50.1 Å². The highest BCUT2D eigenvalue weighted by Crippen LogP contribution is 2.22. The molecule has 2 aliphatic carbocycles. The van der Waals surface area contributed by atoms with Crippen LogP contribution in [-0.4, -0.2) is 59.8 Å². The standard InChI is InChI=1S/C13H20BNO5.C13H20BNO4S.CH4/c1-14(13(18)15-10-6-3-2-4-7-10)19-11(16)8-5-9-12(17)20-14;1-14(13(20)15-10-6-3-2-4-7-10)18-11(16)8-5-9-12(17)19-14;/h10H,1-9H2,(H,15,18);10H,1-9H2,(H,15,20);1H4. The number of nitrogens with one attached hydrogen (secondary N) is 2. The summed E-state index contributed by atoms with van der Waals surface area (Å²) < 4.78 is 20.5. The molecule has 4 rings (SSSR count). The summed E-state index contributed by atoms with van der Waals surface area (Å²) >= 11 is 5.28. The average Bonchev–Trinajstić information content (AvgIpc) is 2.88. The molecular weight excluding hydrogens is 550 g/mol. The van der Waals surface area contributed by atoms with Gasteiger partial charge in [0.2, 0.25) is 5.81 Å². The number of rotatable bonds is 4. The van der Waals surface area contributed by atoms with E-state index < -0.39 is 42.8 Å². The van der Waals surface area contributed by atoms with Crippen LogP contribution >= 0.6 is 12.2 Å². The molecule has 14 heteroatoms. The Balaban J connectivity index is 0.000000280. The molecule has 41 heavy (non-hydrogen) atoms. The summed E-state index contributed by atoms with van der Waals surface area (Å²) in [7, 11) is 0. The third-order valence-corrected chi connectivity index (χ3v) is 7.99. The van der Waals surface area contributed by atoms with Crippen molar-refractivity contribution < 1.29 is 42.6 Å². The minimum atomic E-state index is -2.83. The van der Waals surface area contributed by atoms with E-state index >= 15 is 0 Å². The fraction of sp³-hybridized carbons (Fsp3) is 0.704. The third kappa shape index (κ3) is 10.8. The molecule has 2 saturated heterocycles. The molecule has 2 aliphatic heterocycles. The Morgan fingerprint density at radius 3 is 1.34 bits per heavy atom. The SMILES string of the molecule is C.[CH2+][B-]1(C(=O)NC2CCCCC2)OC(=O)CCCC(=O)O1.[CH2+][B-]1(C(=S)NC2CCCCC2)OC(=O)CCCC(=O)O1. The van der Waals surface area contributed by atoms with Gasteiger partial charge in [0.25, 0.3) is 23.9 Å². The molecule has 0 atom stereocenters. The predicted octanol–water partition coefficient (Wildman–Crippen LogP) is 4.19. The molecule has 4 aliphatic rings. The van der Waals surface area contributed by atoms with Crippen molar-refractivity contribution in [2.24, 2.45) is 0 Å². The first-order valence-electron chi connectivity index (χ1n) is 14.5. The van der Waals surface area contributed by atoms with Crippen molar-refractivity contribution in [1.82, 2.24) is 10.6 Å². The lowest BCUT2D eigenvalue weighted by Crippen LogP contribution is -2.58. The topological polar surface area (TPSA) is 146 Å². The van der Waals surface area contributed by atoms with Gasteiger partial charge in [0.05, 0.1) is 4.89 Å². The van der Waals surface area contributed by atoms with Crippen LogP contribution in [0.1, 0.15) is 110 Å². The smallest absolute Gasteiger partial charge is 0.611 e. The van der Waals surface area contributed by atoms with E-state index in [0.29, 0.717) is 12.8 Å². The zero-order valence-electron chi connectivity index (χ0n) is 23.1. The number of carbonyl (C=O) groups excluding carboxylic acids is 5. The summed E-state index contributed by atoms with van der Waals surface area (Å²) in [6.45, 7) is 2.04. The molecule has 4 fully saturated rings. The maximum absolute atomic E-state index is 12.2. The Kier molecular flexibility index (Phi) is 13.3. The van der Waals surface area contributed by atoms with E-state index in [0.717, 1.165) is 57.8 Å². The highest BCUT2D eigenvalue weighted by atomic mass is 32.1. The van der Waals surface area contributed by atoms with Crippen LogP contribution in [0.2, 0.25) is 0 Å². The molecule has 2 N–H and O–H groups in total. The highest BCUT2D eigenvalue weighted by molar-refractivity contribution is 7.84. The summed E-state index contributed by atoms with van der Waals surface area (Å²) in [6.07, 6.45) is 12.0. The van der Waals surface area contributed by atoms with Gasteiger partial charge in [0.15, 0.2) is 0 Å². The van der Waals surface area contributed by atoms with Gasteiger partial charge in [0.1, 0.15) is 0 Å². The number of hydrogen-bond acceptors (Lipinski definition) is 10. The van der Waals surface area contributed by atoms with Gasteiger partial charge in [0, 0.05) is 37.8 Å². The fourth-order valence-electron chi connectivity index (χ4n) is 5.25. The number of amides is 1. The minimum Gasteiger partial charge on any atom is -0.611 e. The second-order valence-corrected chi connectivity index (χ2v) is 11.5. The molecule has 228 valence electrons. The van der Waals surface area contributed by atoms with E-state index in [1.165, 1.54) is 6.42 Å². The van der Waals surface area contributed by atoms with Crippen LogP contribution in [0.25, 0.3) is 0 Å². The molecular formula is C27H44B2N2O9S. The quantitative estimate of drug-likeness (QED) is 0.274. The molecule has 0 aromatic carbocycles. The summed E-state index contributed by atoms with van der Waals surface area (Å²) in [6, 6.07) is 0.291. The summed E-state index contributed by atoms with van der Waals surface area (Å²) in [4.78, 5) is 58.8. The van der Waals surface area contributed by atoms with Crippen LogP contribution in [0.4, 0.5) is 4.79 Å². The van der Waals surface area contributed by atoms with Crippen LogP contribution in [0, 0.1) is 13.6 Å². The third-order valence-electron chi connectivity index (χ3n) is 7.51. The number of carbonyl (C=O) groups is 5. The number of thiocarbonyl (C=S) groups is 1. The van der Waals surface area contributed by atoms with E-state index in [2.05, 4.69) is 24.3 Å². The first-order chi connectivity index (χ1) is 19.0. The van der Waals surface area contributed by atoms with Crippen LogP contribution in [-0.2, 0) is 37.8 Å². The van der Waals surface area contributed by atoms with Crippen molar-refractivity contribution in [3.05, 3.63) is 13.6 Å². The van der Waals surface area contributed by atoms with Gasteiger partial charge in [-0.2, -0.15) is 0 Å². The summed E-state index contributed by atoms with van der Waals surface area (Å²) in [5.41, 5.74) is 0. The van der Waals surface area contributed by atoms with Crippen LogP contribution in [0.5, 0.6) is 0 Å². The molecule has 0 spiro atoms. The molecule has 1 amide bonds. The molecule has 11 nitrogen and oxygen atoms in total. The van der Waals surface area contributed by atoms with Gasteiger partial charge >= 0.3 is 13.1 Å². The maximum Gasteiger partial charge on any atom is 0.636 e. The zero-order valence-corrected chi connectivity index (χ0v) is 23.9. The fourth-order valence-corrected chi connectivity index (χ4v) is 5.51. The van der Waals surface area contributed by atoms with E-state index in [1.54, 1.807) is 0 Å². The first kappa shape index (κ1) is 34.3. The monoisotopic (exact) mass is 594 g/mol. The second kappa shape index (κ2) is 15.9. The lowest BCUT2D eigenvalue weighted by Gasteiger charge is -2.35. The lowest BCUT2D eigenvalue weighted by atomic mass is 9.58. The molecule has 0 aromatic rings. The molecule has 2 saturated carbocycles. The highest BCUT2D eigenvalue weighted by Gasteiger charge is 2.49. The van der Waals surface area contributed by atoms with Crippen molar-refractivity contribution in [2.45, 2.75) is 122 Å². The predicted molar refractivity (Wildman–Crippen MR) is 159 cm³/mol. The van der Waals surface area contributed by atoms with Crippen molar-refractivity contribution in [1.29, 1.82) is 0 Å². The molecule has 0 radical (unpaired) electrons. The van der Waals surface area contributed by atoms with Crippen LogP contribution in [0.3, 0.4) is 0 Å². The summed E-state index contributed by atoms with van der Waals surface area (Å²) in [5, 5.41) is 5.95. The minimum absolute atomic E-state index is 0. The van der Waals surface area contributed by atoms with E-state index in [1.807, 2.05) is 0 Å². The maximum atomic E-state index is 12.2. The van der Waals surface area contributed by atoms with Crippen molar-refractivity contribution in [3.63, 3.8) is 0 Å². The Morgan fingerprint density at radius 1 is 0.610 bits per heavy atom. The second-order valence-electron chi connectivity index (χ2n) is 11.1. The molecule has 0 bridgehead atoms. The van der Waals surface area contributed by atoms with Crippen molar-refractivity contribution in [3.8, 4) is 0 Å². The van der Waals surface area contributed by atoms with Gasteiger partial charge in [-0.05, 0) is 52.2 Å². The van der Waals surface area contributed by atoms with Gasteiger partial charge in [-0.25, -0.2) is 0 Å².